The molecule has 3 N–H and O–H groups in total. The van der Waals surface area contributed by atoms with Gasteiger partial charge in [-0.3, -0.25) is 5.84 Å². The van der Waals surface area contributed by atoms with Crippen molar-refractivity contribution in [3.8, 4) is 5.75 Å². The normalized spacial score (nSPS) is 12.2. The van der Waals surface area contributed by atoms with Gasteiger partial charge in [0.25, 0.3) is 0 Å². The fourth-order valence-electron chi connectivity index (χ4n) is 1.99. The smallest absolute Gasteiger partial charge is 0.132 e. The molecule has 19 heavy (non-hydrogen) atoms. The van der Waals surface area contributed by atoms with Gasteiger partial charge in [-0.2, -0.15) is 0 Å². The van der Waals surface area contributed by atoms with Crippen molar-refractivity contribution in [2.24, 2.45) is 5.84 Å². The molecule has 0 amide bonds. The van der Waals surface area contributed by atoms with E-state index in [9.17, 15) is 4.39 Å². The van der Waals surface area contributed by atoms with Crippen molar-refractivity contribution in [1.82, 2.24) is 5.43 Å². The quantitative estimate of drug-likeness (QED) is 0.656. The molecule has 100 valence electrons. The first-order valence-corrected chi connectivity index (χ1v) is 6.02. The van der Waals surface area contributed by atoms with E-state index in [2.05, 4.69) is 5.43 Å². The summed E-state index contributed by atoms with van der Waals surface area (Å²) < 4.78 is 19.1. The van der Waals surface area contributed by atoms with E-state index in [1.165, 1.54) is 13.2 Å². The van der Waals surface area contributed by atoms with Gasteiger partial charge in [0, 0.05) is 11.6 Å². The summed E-state index contributed by atoms with van der Waals surface area (Å²) >= 11 is 0. The summed E-state index contributed by atoms with van der Waals surface area (Å²) in [7, 11) is 1.51. The largest absolute Gasteiger partial charge is 0.497 e. The van der Waals surface area contributed by atoms with Crippen LogP contribution < -0.4 is 16.0 Å². The SMILES string of the molecule is COc1ccc(C(NN)c2ccc(C)cc2)c(F)c1. The molecule has 0 aliphatic carbocycles. The molecule has 0 heterocycles. The van der Waals surface area contributed by atoms with Crippen molar-refractivity contribution < 1.29 is 9.13 Å². The lowest BCUT2D eigenvalue weighted by atomic mass is 9.98. The van der Waals surface area contributed by atoms with E-state index < -0.39 is 0 Å². The monoisotopic (exact) mass is 260 g/mol. The second-order valence-corrected chi connectivity index (χ2v) is 4.40. The number of nitrogens with two attached hydrogens (primary N) is 1. The Hall–Kier alpha value is -1.91. The van der Waals surface area contributed by atoms with Crippen molar-refractivity contribution in [1.29, 1.82) is 0 Å². The minimum absolute atomic E-state index is 0.345. The molecule has 0 aliphatic heterocycles. The third kappa shape index (κ3) is 2.92. The van der Waals surface area contributed by atoms with Gasteiger partial charge in [-0.15, -0.1) is 0 Å². The van der Waals surface area contributed by atoms with E-state index in [0.29, 0.717) is 11.3 Å². The summed E-state index contributed by atoms with van der Waals surface area (Å²) in [4.78, 5) is 0. The van der Waals surface area contributed by atoms with Crippen LogP contribution in [0.25, 0.3) is 0 Å². The molecular formula is C15H17FN2O. The van der Waals surface area contributed by atoms with Gasteiger partial charge < -0.3 is 4.74 Å². The maximum absolute atomic E-state index is 14.1. The zero-order valence-corrected chi connectivity index (χ0v) is 11.0. The van der Waals surface area contributed by atoms with Gasteiger partial charge in [0.15, 0.2) is 0 Å². The van der Waals surface area contributed by atoms with E-state index in [1.807, 2.05) is 31.2 Å². The highest BCUT2D eigenvalue weighted by Gasteiger charge is 2.16. The van der Waals surface area contributed by atoms with Crippen LogP contribution in [0.4, 0.5) is 4.39 Å². The van der Waals surface area contributed by atoms with E-state index in [1.54, 1.807) is 12.1 Å². The van der Waals surface area contributed by atoms with Crippen LogP contribution in [-0.2, 0) is 0 Å². The molecule has 0 aliphatic rings. The Morgan fingerprint density at radius 1 is 1.16 bits per heavy atom. The summed E-state index contributed by atoms with van der Waals surface area (Å²) in [6.07, 6.45) is 0. The average Bonchev–Trinajstić information content (AvgIpc) is 2.43. The summed E-state index contributed by atoms with van der Waals surface area (Å²) in [6, 6.07) is 12.2. The number of ether oxygens (including phenoxy) is 1. The summed E-state index contributed by atoms with van der Waals surface area (Å²) in [6.45, 7) is 2.00. The molecule has 0 bridgehead atoms. The Bertz CT molecular complexity index is 555. The summed E-state index contributed by atoms with van der Waals surface area (Å²) in [5, 5.41) is 0. The lowest BCUT2D eigenvalue weighted by Crippen LogP contribution is -2.29. The molecule has 0 spiro atoms. The van der Waals surface area contributed by atoms with Gasteiger partial charge in [0.1, 0.15) is 11.6 Å². The van der Waals surface area contributed by atoms with Crippen LogP contribution in [0.2, 0.25) is 0 Å². The van der Waals surface area contributed by atoms with Crippen LogP contribution in [0.15, 0.2) is 42.5 Å². The molecule has 2 rings (SSSR count). The van der Waals surface area contributed by atoms with Crippen molar-refractivity contribution in [3.05, 3.63) is 65.0 Å². The Kier molecular flexibility index (Phi) is 4.14. The van der Waals surface area contributed by atoms with Crippen LogP contribution in [0.5, 0.6) is 5.75 Å². The van der Waals surface area contributed by atoms with Gasteiger partial charge in [0.2, 0.25) is 0 Å². The molecule has 2 aromatic rings. The zero-order valence-electron chi connectivity index (χ0n) is 11.0. The van der Waals surface area contributed by atoms with Gasteiger partial charge in [0.05, 0.1) is 13.2 Å². The van der Waals surface area contributed by atoms with Crippen LogP contribution in [0, 0.1) is 12.7 Å². The highest BCUT2D eigenvalue weighted by molar-refractivity contribution is 5.37. The third-order valence-electron chi connectivity index (χ3n) is 3.10. The molecule has 0 aromatic heterocycles. The predicted molar refractivity (Wildman–Crippen MR) is 73.3 cm³/mol. The second kappa shape index (κ2) is 5.82. The fraction of sp³-hybridized carbons (Fsp3) is 0.200. The number of nitrogens with one attached hydrogen (secondary N) is 1. The van der Waals surface area contributed by atoms with Crippen LogP contribution in [-0.4, -0.2) is 7.11 Å². The first kappa shape index (κ1) is 13.5. The minimum Gasteiger partial charge on any atom is -0.497 e. The molecule has 3 nitrogen and oxygen atoms in total. The van der Waals surface area contributed by atoms with Gasteiger partial charge in [-0.1, -0.05) is 35.9 Å². The number of hydrogen-bond donors (Lipinski definition) is 2. The van der Waals surface area contributed by atoms with E-state index >= 15 is 0 Å². The molecule has 0 fully saturated rings. The first-order chi connectivity index (χ1) is 9.15. The molecule has 0 radical (unpaired) electrons. The lowest BCUT2D eigenvalue weighted by molar-refractivity contribution is 0.410. The summed E-state index contributed by atoms with van der Waals surface area (Å²) in [5.74, 6) is 5.71. The van der Waals surface area contributed by atoms with Gasteiger partial charge >= 0.3 is 0 Å². The Morgan fingerprint density at radius 3 is 2.37 bits per heavy atom. The molecule has 4 heteroatoms. The lowest BCUT2D eigenvalue weighted by Gasteiger charge is -2.18. The minimum atomic E-state index is -0.383. The Morgan fingerprint density at radius 2 is 1.84 bits per heavy atom. The highest BCUT2D eigenvalue weighted by atomic mass is 19.1. The maximum atomic E-state index is 14.1. The number of benzene rings is 2. The Balaban J connectivity index is 2.39. The number of hydrogen-bond acceptors (Lipinski definition) is 3. The molecule has 1 atom stereocenters. The zero-order chi connectivity index (χ0) is 13.8. The molecule has 0 saturated carbocycles. The van der Waals surface area contributed by atoms with Crippen LogP contribution >= 0.6 is 0 Å². The van der Waals surface area contributed by atoms with Crippen LogP contribution in [0.1, 0.15) is 22.7 Å². The van der Waals surface area contributed by atoms with E-state index in [-0.39, 0.29) is 11.9 Å². The first-order valence-electron chi connectivity index (χ1n) is 6.02. The van der Waals surface area contributed by atoms with Gasteiger partial charge in [-0.25, -0.2) is 9.82 Å². The molecule has 2 aromatic carbocycles. The Labute approximate surface area is 112 Å². The third-order valence-corrected chi connectivity index (χ3v) is 3.10. The van der Waals surface area contributed by atoms with E-state index in [0.717, 1.165) is 11.1 Å². The maximum Gasteiger partial charge on any atom is 0.132 e. The van der Waals surface area contributed by atoms with Crippen molar-refractivity contribution in [2.75, 3.05) is 7.11 Å². The van der Waals surface area contributed by atoms with Crippen molar-refractivity contribution >= 4 is 0 Å². The fourth-order valence-corrected chi connectivity index (χ4v) is 1.99. The highest BCUT2D eigenvalue weighted by Crippen LogP contribution is 2.26. The number of hydrazine groups is 1. The molecule has 0 saturated heterocycles. The van der Waals surface area contributed by atoms with E-state index in [4.69, 9.17) is 10.6 Å². The van der Waals surface area contributed by atoms with Crippen molar-refractivity contribution in [3.63, 3.8) is 0 Å². The van der Waals surface area contributed by atoms with Crippen LogP contribution in [0.3, 0.4) is 0 Å². The molecule has 1 unspecified atom stereocenters. The van der Waals surface area contributed by atoms with Gasteiger partial charge in [-0.05, 0) is 18.6 Å². The number of aryl methyl sites for hydroxylation is 1. The molecular weight excluding hydrogens is 243 g/mol. The average molecular weight is 260 g/mol. The number of rotatable bonds is 4. The summed E-state index contributed by atoms with van der Waals surface area (Å²) in [5.41, 5.74) is 5.21. The second-order valence-electron chi connectivity index (χ2n) is 4.40. The number of methoxy groups -OCH3 is 1. The van der Waals surface area contributed by atoms with Crippen molar-refractivity contribution in [2.45, 2.75) is 13.0 Å². The topological polar surface area (TPSA) is 47.3 Å². The number of halogens is 1. The standard InChI is InChI=1S/C15H17FN2O/c1-10-3-5-11(6-4-10)15(18-17)13-8-7-12(19-2)9-14(13)16/h3-9,15,18H,17H2,1-2H3. The predicted octanol–water partition coefficient (Wildman–Crippen LogP) is 2.70.